The number of rotatable bonds is 6. The van der Waals surface area contributed by atoms with Crippen LogP contribution in [0.3, 0.4) is 0 Å². The van der Waals surface area contributed by atoms with Crippen molar-refractivity contribution in [3.63, 3.8) is 0 Å². The van der Waals surface area contributed by atoms with Gasteiger partial charge in [0.25, 0.3) is 5.91 Å². The number of hydrogen-bond acceptors (Lipinski definition) is 4. The van der Waals surface area contributed by atoms with Crippen LogP contribution in [0.1, 0.15) is 20.8 Å². The van der Waals surface area contributed by atoms with E-state index in [1.54, 1.807) is 6.92 Å². The van der Waals surface area contributed by atoms with E-state index >= 15 is 0 Å². The van der Waals surface area contributed by atoms with Gasteiger partial charge in [-0.25, -0.2) is 9.18 Å². The minimum atomic E-state index is -1.04. The van der Waals surface area contributed by atoms with Crippen LogP contribution in [0.2, 0.25) is 0 Å². The Morgan fingerprint density at radius 2 is 1.91 bits per heavy atom. The first-order valence-corrected chi connectivity index (χ1v) is 7.44. The standard InChI is InChI=1S/C16H21FN2O4/c1-10(2)16(3)14(21)19(15(22)18-16)8-12(20)9-23-13-6-4-11(17)5-7-13/h4-7,10,12,20H,8-9H2,1-3H3,(H,18,22)/t12-,16-/m0/s1. The number of urea groups is 1. The Bertz CT molecular complexity index is 590. The maximum absolute atomic E-state index is 12.8. The molecule has 1 aliphatic rings. The van der Waals surface area contributed by atoms with E-state index in [0.29, 0.717) is 5.75 Å². The van der Waals surface area contributed by atoms with Gasteiger partial charge in [-0.05, 0) is 37.1 Å². The maximum atomic E-state index is 12.8. The second kappa shape index (κ2) is 6.54. The molecule has 1 saturated heterocycles. The first-order chi connectivity index (χ1) is 10.7. The molecule has 126 valence electrons. The predicted octanol–water partition coefficient (Wildman–Crippen LogP) is 1.53. The Labute approximate surface area is 134 Å². The van der Waals surface area contributed by atoms with Crippen molar-refractivity contribution in [2.75, 3.05) is 13.2 Å². The minimum Gasteiger partial charge on any atom is -0.491 e. The van der Waals surface area contributed by atoms with Crippen molar-refractivity contribution < 1.29 is 23.8 Å². The normalized spacial score (nSPS) is 22.4. The number of nitrogens with one attached hydrogen (secondary N) is 1. The molecule has 6 nitrogen and oxygen atoms in total. The summed E-state index contributed by atoms with van der Waals surface area (Å²) in [5.74, 6) is -0.422. The third kappa shape index (κ3) is 3.61. The second-order valence-corrected chi connectivity index (χ2v) is 6.12. The van der Waals surface area contributed by atoms with E-state index in [4.69, 9.17) is 4.74 Å². The zero-order valence-electron chi connectivity index (χ0n) is 13.4. The van der Waals surface area contributed by atoms with Crippen LogP contribution >= 0.6 is 0 Å². The van der Waals surface area contributed by atoms with Crippen LogP contribution in [0.4, 0.5) is 9.18 Å². The highest BCUT2D eigenvalue weighted by Gasteiger charge is 2.49. The number of nitrogens with zero attached hydrogens (tertiary/aromatic N) is 1. The van der Waals surface area contributed by atoms with Crippen LogP contribution in [0.25, 0.3) is 0 Å². The summed E-state index contributed by atoms with van der Waals surface area (Å²) in [5.41, 5.74) is -0.964. The van der Waals surface area contributed by atoms with Gasteiger partial charge in [-0.1, -0.05) is 13.8 Å². The Balaban J connectivity index is 1.92. The fourth-order valence-electron chi connectivity index (χ4n) is 2.26. The molecule has 0 spiro atoms. The Hall–Kier alpha value is -2.15. The third-order valence-corrected chi connectivity index (χ3v) is 4.11. The average Bonchev–Trinajstić information content (AvgIpc) is 2.71. The number of benzene rings is 1. The van der Waals surface area contributed by atoms with Gasteiger partial charge in [-0.15, -0.1) is 0 Å². The van der Waals surface area contributed by atoms with Gasteiger partial charge in [0, 0.05) is 0 Å². The summed E-state index contributed by atoms with van der Waals surface area (Å²) in [5, 5.41) is 12.7. The lowest BCUT2D eigenvalue weighted by atomic mass is 9.88. The molecule has 0 saturated carbocycles. The molecule has 3 amide bonds. The van der Waals surface area contributed by atoms with Gasteiger partial charge in [0.05, 0.1) is 6.54 Å². The van der Waals surface area contributed by atoms with Gasteiger partial charge in [-0.3, -0.25) is 9.69 Å². The Morgan fingerprint density at radius 1 is 1.30 bits per heavy atom. The van der Waals surface area contributed by atoms with E-state index in [2.05, 4.69) is 5.32 Å². The molecule has 23 heavy (non-hydrogen) atoms. The number of halogens is 1. The van der Waals surface area contributed by atoms with Crippen LogP contribution in [0.5, 0.6) is 5.75 Å². The van der Waals surface area contributed by atoms with Crippen LogP contribution in [-0.4, -0.2) is 46.7 Å². The van der Waals surface area contributed by atoms with Gasteiger partial charge in [0.2, 0.25) is 0 Å². The molecule has 1 fully saturated rings. The fourth-order valence-corrected chi connectivity index (χ4v) is 2.26. The molecule has 2 N–H and O–H groups in total. The number of carbonyl (C=O) groups is 2. The fraction of sp³-hybridized carbons (Fsp3) is 0.500. The molecular weight excluding hydrogens is 303 g/mol. The van der Waals surface area contributed by atoms with E-state index < -0.39 is 17.7 Å². The average molecular weight is 324 g/mol. The van der Waals surface area contributed by atoms with Crippen molar-refractivity contribution in [3.8, 4) is 5.75 Å². The molecule has 1 aromatic carbocycles. The van der Waals surface area contributed by atoms with Gasteiger partial charge >= 0.3 is 6.03 Å². The summed E-state index contributed by atoms with van der Waals surface area (Å²) in [6.07, 6.45) is -1.04. The minimum absolute atomic E-state index is 0.0726. The number of carbonyl (C=O) groups excluding carboxylic acids is 2. The summed E-state index contributed by atoms with van der Waals surface area (Å²) in [6, 6.07) is 4.84. The molecule has 2 rings (SSSR count). The van der Waals surface area contributed by atoms with Gasteiger partial charge < -0.3 is 15.2 Å². The first-order valence-electron chi connectivity index (χ1n) is 7.44. The predicted molar refractivity (Wildman–Crippen MR) is 81.4 cm³/mol. The van der Waals surface area contributed by atoms with E-state index in [1.807, 2.05) is 13.8 Å². The molecule has 1 aliphatic heterocycles. The Kier molecular flexibility index (Phi) is 4.89. The third-order valence-electron chi connectivity index (χ3n) is 4.11. The number of hydrogen-bond donors (Lipinski definition) is 2. The quantitative estimate of drug-likeness (QED) is 0.778. The summed E-state index contributed by atoms with van der Waals surface area (Å²) in [7, 11) is 0. The SMILES string of the molecule is CC(C)[C@]1(C)NC(=O)N(C[C@H](O)COc2ccc(F)cc2)C1=O. The van der Waals surface area contributed by atoms with Crippen molar-refractivity contribution in [2.45, 2.75) is 32.4 Å². The van der Waals surface area contributed by atoms with Crippen LogP contribution in [0, 0.1) is 11.7 Å². The summed E-state index contributed by atoms with van der Waals surface area (Å²) >= 11 is 0. The van der Waals surface area contributed by atoms with Crippen molar-refractivity contribution in [2.24, 2.45) is 5.92 Å². The van der Waals surface area contributed by atoms with Gasteiger partial charge in [-0.2, -0.15) is 0 Å². The number of ether oxygens (including phenoxy) is 1. The number of aliphatic hydroxyl groups excluding tert-OH is 1. The molecule has 0 unspecified atom stereocenters. The molecule has 2 atom stereocenters. The number of β-amino-alcohol motifs (C(OH)–C–C–N with tert-alkyl or cyclic N) is 1. The molecule has 0 bridgehead atoms. The van der Waals surface area contributed by atoms with E-state index in [-0.39, 0.29) is 30.8 Å². The molecule has 1 heterocycles. The van der Waals surface area contributed by atoms with E-state index in [9.17, 15) is 19.1 Å². The van der Waals surface area contributed by atoms with Crippen LogP contribution < -0.4 is 10.1 Å². The smallest absolute Gasteiger partial charge is 0.325 e. The van der Waals surface area contributed by atoms with Crippen molar-refractivity contribution in [1.29, 1.82) is 0 Å². The number of amides is 3. The lowest BCUT2D eigenvalue weighted by Crippen LogP contribution is -2.49. The molecular formula is C16H21FN2O4. The van der Waals surface area contributed by atoms with Gasteiger partial charge in [0.1, 0.15) is 29.8 Å². The van der Waals surface area contributed by atoms with Crippen molar-refractivity contribution >= 4 is 11.9 Å². The van der Waals surface area contributed by atoms with Crippen LogP contribution in [-0.2, 0) is 4.79 Å². The highest BCUT2D eigenvalue weighted by molar-refractivity contribution is 6.06. The molecule has 0 aromatic heterocycles. The molecule has 1 aromatic rings. The summed E-state index contributed by atoms with van der Waals surface area (Å²) in [4.78, 5) is 25.3. The summed E-state index contributed by atoms with van der Waals surface area (Å²) < 4.78 is 18.1. The number of aliphatic hydroxyl groups is 1. The maximum Gasteiger partial charge on any atom is 0.325 e. The molecule has 0 aliphatic carbocycles. The Morgan fingerprint density at radius 3 is 2.43 bits per heavy atom. The topological polar surface area (TPSA) is 78.9 Å². The zero-order chi connectivity index (χ0) is 17.2. The zero-order valence-corrected chi connectivity index (χ0v) is 13.4. The van der Waals surface area contributed by atoms with E-state index in [1.165, 1.54) is 24.3 Å². The van der Waals surface area contributed by atoms with E-state index in [0.717, 1.165) is 4.90 Å². The van der Waals surface area contributed by atoms with Crippen molar-refractivity contribution in [3.05, 3.63) is 30.1 Å². The largest absolute Gasteiger partial charge is 0.491 e. The molecule has 0 radical (unpaired) electrons. The van der Waals surface area contributed by atoms with Gasteiger partial charge in [0.15, 0.2) is 0 Å². The lowest BCUT2D eigenvalue weighted by molar-refractivity contribution is -0.133. The lowest BCUT2D eigenvalue weighted by Gasteiger charge is -2.26. The van der Waals surface area contributed by atoms with Crippen molar-refractivity contribution in [1.82, 2.24) is 10.2 Å². The van der Waals surface area contributed by atoms with Crippen LogP contribution in [0.15, 0.2) is 24.3 Å². The highest BCUT2D eigenvalue weighted by atomic mass is 19.1. The second-order valence-electron chi connectivity index (χ2n) is 6.12. The number of imide groups is 1. The highest BCUT2D eigenvalue weighted by Crippen LogP contribution is 2.25. The first kappa shape index (κ1) is 17.2. The summed E-state index contributed by atoms with van der Waals surface area (Å²) in [6.45, 7) is 5.08. The molecule has 7 heteroatoms. The monoisotopic (exact) mass is 324 g/mol.